The number of hydrogen-bond donors (Lipinski definition) is 1. The molecule has 154 valence electrons. The van der Waals surface area contributed by atoms with Crippen molar-refractivity contribution in [1.82, 2.24) is 4.90 Å². The maximum absolute atomic E-state index is 12.4. The van der Waals surface area contributed by atoms with Gasteiger partial charge in [-0.2, -0.15) is 0 Å². The Morgan fingerprint density at radius 1 is 0.833 bits per heavy atom. The third kappa shape index (κ3) is 5.85. The van der Waals surface area contributed by atoms with Gasteiger partial charge in [0, 0.05) is 31.0 Å². The summed E-state index contributed by atoms with van der Waals surface area (Å²) in [4.78, 5) is 26.1. The Morgan fingerprint density at radius 2 is 1.40 bits per heavy atom. The highest BCUT2D eigenvalue weighted by molar-refractivity contribution is 5.85. The maximum Gasteiger partial charge on any atom is 0.345 e. The molecule has 1 N–H and O–H groups in total. The first-order valence-corrected chi connectivity index (χ1v) is 9.53. The van der Waals surface area contributed by atoms with Crippen LogP contribution in [-0.2, 0) is 14.3 Å². The lowest BCUT2D eigenvalue weighted by Gasteiger charge is -2.21. The average molecular weight is 404 g/mol. The van der Waals surface area contributed by atoms with Crippen LogP contribution in [0.3, 0.4) is 0 Å². The van der Waals surface area contributed by atoms with Gasteiger partial charge in [0.2, 0.25) is 6.10 Å². The molecule has 0 aromatic heterocycles. The number of carbonyl (C=O) groups excluding carboxylic acids is 2. The van der Waals surface area contributed by atoms with Crippen LogP contribution in [0.15, 0.2) is 84.9 Å². The number of likely N-dealkylation sites (N-methyl/N-ethyl adjacent to an activating group) is 1. The molecule has 0 spiro atoms. The Balaban J connectivity index is 1.57. The number of para-hydroxylation sites is 1. The van der Waals surface area contributed by atoms with Crippen molar-refractivity contribution in [2.75, 3.05) is 26.0 Å². The summed E-state index contributed by atoms with van der Waals surface area (Å²) in [6, 6.07) is 26.0. The van der Waals surface area contributed by atoms with Crippen molar-refractivity contribution in [1.29, 1.82) is 0 Å². The Kier molecular flexibility index (Phi) is 7.05. The monoisotopic (exact) mass is 404 g/mol. The van der Waals surface area contributed by atoms with Crippen molar-refractivity contribution in [2.24, 2.45) is 0 Å². The normalized spacial score (nSPS) is 11.3. The highest BCUT2D eigenvalue weighted by Crippen LogP contribution is 2.21. The van der Waals surface area contributed by atoms with E-state index in [1.165, 1.54) is 4.90 Å². The molecule has 3 aromatic carbocycles. The van der Waals surface area contributed by atoms with E-state index in [1.54, 1.807) is 50.5 Å². The number of esters is 1. The summed E-state index contributed by atoms with van der Waals surface area (Å²) in [7, 11) is 3.24. The van der Waals surface area contributed by atoms with E-state index in [1.807, 2.05) is 48.5 Å². The zero-order valence-electron chi connectivity index (χ0n) is 16.9. The minimum atomic E-state index is -1.00. The van der Waals surface area contributed by atoms with Gasteiger partial charge < -0.3 is 19.7 Å². The molecule has 30 heavy (non-hydrogen) atoms. The van der Waals surface area contributed by atoms with Crippen LogP contribution in [0.5, 0.6) is 5.75 Å². The average Bonchev–Trinajstić information content (AvgIpc) is 2.78. The van der Waals surface area contributed by atoms with Crippen molar-refractivity contribution >= 4 is 23.3 Å². The molecule has 3 aromatic rings. The fourth-order valence-corrected chi connectivity index (χ4v) is 2.75. The lowest BCUT2D eigenvalue weighted by molar-refractivity contribution is -0.161. The molecule has 0 heterocycles. The van der Waals surface area contributed by atoms with Gasteiger partial charge in [-0.05, 0) is 36.4 Å². The van der Waals surface area contributed by atoms with E-state index < -0.39 is 12.1 Å². The number of anilines is 2. The lowest BCUT2D eigenvalue weighted by Crippen LogP contribution is -2.32. The fourth-order valence-electron chi connectivity index (χ4n) is 2.75. The zero-order valence-corrected chi connectivity index (χ0v) is 16.9. The van der Waals surface area contributed by atoms with Gasteiger partial charge in [0.05, 0.1) is 0 Å². The summed E-state index contributed by atoms with van der Waals surface area (Å²) in [6.45, 7) is -0.296. The van der Waals surface area contributed by atoms with E-state index in [9.17, 15) is 9.59 Å². The molecule has 3 rings (SSSR count). The van der Waals surface area contributed by atoms with E-state index in [0.29, 0.717) is 11.3 Å². The highest BCUT2D eigenvalue weighted by Gasteiger charge is 2.26. The minimum absolute atomic E-state index is 0.296. The summed E-state index contributed by atoms with van der Waals surface area (Å²) >= 11 is 0. The number of nitrogens with zero attached hydrogens (tertiary/aromatic N) is 1. The second kappa shape index (κ2) is 10.1. The van der Waals surface area contributed by atoms with Crippen LogP contribution >= 0.6 is 0 Å². The molecule has 0 unspecified atom stereocenters. The van der Waals surface area contributed by atoms with Crippen LogP contribution in [0.4, 0.5) is 11.4 Å². The molecule has 1 amide bonds. The Bertz CT molecular complexity index is 958. The van der Waals surface area contributed by atoms with Crippen LogP contribution in [0.2, 0.25) is 0 Å². The van der Waals surface area contributed by atoms with Crippen LogP contribution in [0.25, 0.3) is 0 Å². The molecule has 0 saturated carbocycles. The number of amides is 1. The second-order valence-corrected chi connectivity index (χ2v) is 6.82. The van der Waals surface area contributed by atoms with Gasteiger partial charge in [-0.15, -0.1) is 0 Å². The van der Waals surface area contributed by atoms with E-state index in [0.717, 1.165) is 11.4 Å². The smallest absolute Gasteiger partial charge is 0.345 e. The van der Waals surface area contributed by atoms with Gasteiger partial charge in [0.25, 0.3) is 5.91 Å². The third-order valence-corrected chi connectivity index (χ3v) is 4.29. The van der Waals surface area contributed by atoms with Crippen molar-refractivity contribution in [3.05, 3.63) is 90.5 Å². The van der Waals surface area contributed by atoms with E-state index in [4.69, 9.17) is 9.47 Å². The summed E-state index contributed by atoms with van der Waals surface area (Å²) in [5.74, 6) is -0.405. The predicted octanol–water partition coefficient (Wildman–Crippen LogP) is 4.18. The largest absolute Gasteiger partial charge is 0.482 e. The summed E-state index contributed by atoms with van der Waals surface area (Å²) < 4.78 is 10.9. The molecule has 0 fully saturated rings. The number of rotatable bonds is 8. The number of benzene rings is 3. The molecule has 0 radical (unpaired) electrons. The standard InChI is InChI=1S/C24H24N2O4/c1-26(2)24(28)23(18-9-5-3-6-10-18)30-22(27)17-29-21-15-13-20(14-16-21)25-19-11-7-4-8-12-19/h3-16,23,25H,17H2,1-2H3/t23-/m0/s1. The second-order valence-electron chi connectivity index (χ2n) is 6.82. The molecular weight excluding hydrogens is 380 g/mol. The molecule has 1 atom stereocenters. The molecule has 0 saturated heterocycles. The first-order valence-electron chi connectivity index (χ1n) is 9.53. The van der Waals surface area contributed by atoms with Gasteiger partial charge in [-0.1, -0.05) is 48.5 Å². The van der Waals surface area contributed by atoms with Gasteiger partial charge in [0.1, 0.15) is 5.75 Å². The number of ether oxygens (including phenoxy) is 2. The van der Waals surface area contributed by atoms with Crippen molar-refractivity contribution in [3.8, 4) is 5.75 Å². The van der Waals surface area contributed by atoms with Crippen molar-refractivity contribution < 1.29 is 19.1 Å². The van der Waals surface area contributed by atoms with Crippen molar-refractivity contribution in [2.45, 2.75) is 6.10 Å². The summed E-state index contributed by atoms with van der Waals surface area (Å²) in [5.41, 5.74) is 2.49. The Morgan fingerprint density at radius 3 is 2.00 bits per heavy atom. The molecule has 0 aliphatic carbocycles. The van der Waals surface area contributed by atoms with Crippen LogP contribution in [0.1, 0.15) is 11.7 Å². The molecule has 0 aliphatic heterocycles. The van der Waals surface area contributed by atoms with Gasteiger partial charge in [-0.3, -0.25) is 4.79 Å². The van der Waals surface area contributed by atoms with Crippen LogP contribution < -0.4 is 10.1 Å². The van der Waals surface area contributed by atoms with E-state index >= 15 is 0 Å². The highest BCUT2D eigenvalue weighted by atomic mass is 16.6. The fraction of sp³-hybridized carbons (Fsp3) is 0.167. The summed E-state index contributed by atoms with van der Waals surface area (Å²) in [5, 5.41) is 3.27. The summed E-state index contributed by atoms with van der Waals surface area (Å²) in [6.07, 6.45) is -1.00. The van der Waals surface area contributed by atoms with Crippen LogP contribution in [-0.4, -0.2) is 37.5 Å². The minimum Gasteiger partial charge on any atom is -0.482 e. The quantitative estimate of drug-likeness (QED) is 0.571. The zero-order chi connectivity index (χ0) is 21.3. The van der Waals surface area contributed by atoms with Gasteiger partial charge in [0.15, 0.2) is 6.61 Å². The predicted molar refractivity (Wildman–Crippen MR) is 116 cm³/mol. The SMILES string of the molecule is CN(C)C(=O)[C@@H](OC(=O)COc1ccc(Nc2ccccc2)cc1)c1ccccc1. The molecule has 0 aliphatic rings. The Labute approximate surface area is 176 Å². The van der Waals surface area contributed by atoms with E-state index in [2.05, 4.69) is 5.32 Å². The lowest BCUT2D eigenvalue weighted by atomic mass is 10.1. The van der Waals surface area contributed by atoms with Gasteiger partial charge in [-0.25, -0.2) is 4.79 Å². The van der Waals surface area contributed by atoms with Crippen LogP contribution in [0, 0.1) is 0 Å². The molecule has 0 bridgehead atoms. The van der Waals surface area contributed by atoms with Gasteiger partial charge >= 0.3 is 5.97 Å². The first-order chi connectivity index (χ1) is 14.5. The molecule has 6 nitrogen and oxygen atoms in total. The van der Waals surface area contributed by atoms with Crippen molar-refractivity contribution in [3.63, 3.8) is 0 Å². The topological polar surface area (TPSA) is 67.9 Å². The Hall–Kier alpha value is -3.80. The van der Waals surface area contributed by atoms with E-state index in [-0.39, 0.29) is 12.5 Å². The molecular formula is C24H24N2O4. The third-order valence-electron chi connectivity index (χ3n) is 4.29. The number of hydrogen-bond acceptors (Lipinski definition) is 5. The number of carbonyl (C=O) groups is 2. The first kappa shape index (κ1) is 20.9. The maximum atomic E-state index is 12.4. The molecule has 6 heteroatoms. The number of nitrogens with one attached hydrogen (secondary N) is 1.